The number of amides is 1. The van der Waals surface area contributed by atoms with E-state index in [-0.39, 0.29) is 5.91 Å². The van der Waals surface area contributed by atoms with Crippen LogP contribution >= 0.6 is 0 Å². The lowest BCUT2D eigenvalue weighted by molar-refractivity contribution is 0.100. The summed E-state index contributed by atoms with van der Waals surface area (Å²) in [4.78, 5) is 11.3. The number of anilines is 1. The van der Waals surface area contributed by atoms with Gasteiger partial charge in [-0.25, -0.2) is 0 Å². The number of benzene rings is 1. The Bertz CT molecular complexity index is 386. The second-order valence-electron chi connectivity index (χ2n) is 3.73. The fourth-order valence-electron chi connectivity index (χ4n) is 2.01. The van der Waals surface area contributed by atoms with Crippen LogP contribution in [-0.2, 0) is 12.8 Å². The van der Waals surface area contributed by atoms with Crippen LogP contribution in [0, 0.1) is 0 Å². The summed E-state index contributed by atoms with van der Waals surface area (Å²) in [5, 5.41) is 3.25. The van der Waals surface area contributed by atoms with Crippen molar-refractivity contribution in [3.63, 3.8) is 0 Å². The van der Waals surface area contributed by atoms with Gasteiger partial charge >= 0.3 is 0 Å². The zero-order valence-electron chi connectivity index (χ0n) is 10.3. The van der Waals surface area contributed by atoms with Crippen LogP contribution in [0.4, 0.5) is 5.69 Å². The van der Waals surface area contributed by atoms with Crippen molar-refractivity contribution < 1.29 is 4.79 Å². The Morgan fingerprint density at radius 3 is 2.38 bits per heavy atom. The van der Waals surface area contributed by atoms with E-state index in [9.17, 15) is 4.79 Å². The summed E-state index contributed by atoms with van der Waals surface area (Å²) in [5.41, 5.74) is 9.38. The molecule has 3 nitrogen and oxygen atoms in total. The normalized spacial score (nSPS) is 10.2. The lowest BCUT2D eigenvalue weighted by atomic mass is 9.96. The van der Waals surface area contributed by atoms with Crippen LogP contribution in [0.5, 0.6) is 0 Å². The van der Waals surface area contributed by atoms with E-state index >= 15 is 0 Å². The number of primary amides is 1. The lowest BCUT2D eigenvalue weighted by Gasteiger charge is -2.16. The molecule has 1 aromatic carbocycles. The molecule has 0 bridgehead atoms. The first-order valence-electron chi connectivity index (χ1n) is 5.84. The molecule has 16 heavy (non-hydrogen) atoms. The summed E-state index contributed by atoms with van der Waals surface area (Å²) in [6.45, 7) is 7.03. The average Bonchev–Trinajstić information content (AvgIpc) is 2.28. The van der Waals surface area contributed by atoms with E-state index < -0.39 is 0 Å². The second-order valence-corrected chi connectivity index (χ2v) is 3.73. The maximum atomic E-state index is 11.3. The van der Waals surface area contributed by atoms with Crippen molar-refractivity contribution in [1.82, 2.24) is 0 Å². The van der Waals surface area contributed by atoms with Gasteiger partial charge in [0.15, 0.2) is 0 Å². The quantitative estimate of drug-likeness (QED) is 0.800. The van der Waals surface area contributed by atoms with Crippen molar-refractivity contribution in [2.75, 3.05) is 11.9 Å². The molecule has 1 rings (SSSR count). The van der Waals surface area contributed by atoms with E-state index in [1.165, 1.54) is 11.1 Å². The highest BCUT2D eigenvalue weighted by Gasteiger charge is 2.13. The van der Waals surface area contributed by atoms with Gasteiger partial charge in [0, 0.05) is 6.54 Å². The SMILES string of the molecule is CCNc1c(C(N)=O)ccc(CC)c1CC. The van der Waals surface area contributed by atoms with Crippen LogP contribution in [0.2, 0.25) is 0 Å². The maximum absolute atomic E-state index is 11.3. The van der Waals surface area contributed by atoms with Gasteiger partial charge in [0.05, 0.1) is 11.3 Å². The number of hydrogen-bond acceptors (Lipinski definition) is 2. The van der Waals surface area contributed by atoms with Crippen molar-refractivity contribution in [2.24, 2.45) is 5.73 Å². The number of rotatable bonds is 5. The predicted octanol–water partition coefficient (Wildman–Crippen LogP) is 2.34. The molecule has 0 fully saturated rings. The monoisotopic (exact) mass is 220 g/mol. The Morgan fingerprint density at radius 2 is 1.94 bits per heavy atom. The Hall–Kier alpha value is -1.51. The van der Waals surface area contributed by atoms with E-state index in [0.717, 1.165) is 25.1 Å². The molecule has 0 heterocycles. The molecule has 0 aliphatic heterocycles. The molecule has 0 radical (unpaired) electrons. The molecule has 0 aliphatic carbocycles. The fourth-order valence-corrected chi connectivity index (χ4v) is 2.01. The summed E-state index contributed by atoms with van der Waals surface area (Å²) in [7, 11) is 0. The van der Waals surface area contributed by atoms with Crippen molar-refractivity contribution in [1.29, 1.82) is 0 Å². The van der Waals surface area contributed by atoms with Crippen LogP contribution in [0.1, 0.15) is 42.3 Å². The van der Waals surface area contributed by atoms with Crippen LogP contribution in [0.3, 0.4) is 0 Å². The first-order valence-corrected chi connectivity index (χ1v) is 5.84. The van der Waals surface area contributed by atoms with Gasteiger partial charge in [-0.1, -0.05) is 19.9 Å². The van der Waals surface area contributed by atoms with Gasteiger partial charge in [0.1, 0.15) is 0 Å². The zero-order chi connectivity index (χ0) is 12.1. The van der Waals surface area contributed by atoms with E-state index in [0.29, 0.717) is 5.56 Å². The van der Waals surface area contributed by atoms with Crippen molar-refractivity contribution in [3.05, 3.63) is 28.8 Å². The maximum Gasteiger partial charge on any atom is 0.250 e. The number of hydrogen-bond donors (Lipinski definition) is 2. The number of nitrogens with one attached hydrogen (secondary N) is 1. The van der Waals surface area contributed by atoms with E-state index in [2.05, 4.69) is 19.2 Å². The molecular weight excluding hydrogens is 200 g/mol. The van der Waals surface area contributed by atoms with E-state index in [4.69, 9.17) is 5.73 Å². The Labute approximate surface area is 97.0 Å². The smallest absolute Gasteiger partial charge is 0.250 e. The number of aryl methyl sites for hydroxylation is 1. The van der Waals surface area contributed by atoms with Gasteiger partial charge in [-0.15, -0.1) is 0 Å². The average molecular weight is 220 g/mol. The molecule has 0 spiro atoms. The topological polar surface area (TPSA) is 55.1 Å². The van der Waals surface area contributed by atoms with Gasteiger partial charge in [-0.3, -0.25) is 4.79 Å². The van der Waals surface area contributed by atoms with Gasteiger partial charge in [-0.05, 0) is 37.0 Å². The Kier molecular flexibility index (Phi) is 4.35. The fraction of sp³-hybridized carbons (Fsp3) is 0.462. The summed E-state index contributed by atoms with van der Waals surface area (Å²) in [5.74, 6) is -0.367. The largest absolute Gasteiger partial charge is 0.384 e. The van der Waals surface area contributed by atoms with E-state index in [1.807, 2.05) is 19.1 Å². The summed E-state index contributed by atoms with van der Waals surface area (Å²) in [6, 6.07) is 3.82. The minimum atomic E-state index is -0.367. The third-order valence-electron chi connectivity index (χ3n) is 2.76. The predicted molar refractivity (Wildman–Crippen MR) is 67.9 cm³/mol. The third kappa shape index (κ3) is 2.35. The summed E-state index contributed by atoms with van der Waals surface area (Å²) < 4.78 is 0. The zero-order valence-corrected chi connectivity index (χ0v) is 10.3. The van der Waals surface area contributed by atoms with Crippen molar-refractivity contribution in [3.8, 4) is 0 Å². The number of nitrogens with two attached hydrogens (primary N) is 1. The summed E-state index contributed by atoms with van der Waals surface area (Å²) in [6.07, 6.45) is 1.88. The molecule has 1 aromatic rings. The standard InChI is InChI=1S/C13H20N2O/c1-4-9-7-8-11(13(14)16)12(15-6-3)10(9)5-2/h7-8,15H,4-6H2,1-3H3,(H2,14,16). The van der Waals surface area contributed by atoms with Crippen LogP contribution in [0.25, 0.3) is 0 Å². The third-order valence-corrected chi connectivity index (χ3v) is 2.76. The number of carbonyl (C=O) groups excluding carboxylic acids is 1. The van der Waals surface area contributed by atoms with Crippen LogP contribution in [0.15, 0.2) is 12.1 Å². The minimum absolute atomic E-state index is 0.367. The minimum Gasteiger partial charge on any atom is -0.384 e. The van der Waals surface area contributed by atoms with Gasteiger partial charge in [0.2, 0.25) is 0 Å². The molecule has 1 amide bonds. The van der Waals surface area contributed by atoms with E-state index in [1.54, 1.807) is 0 Å². The summed E-state index contributed by atoms with van der Waals surface area (Å²) >= 11 is 0. The van der Waals surface area contributed by atoms with Crippen molar-refractivity contribution >= 4 is 11.6 Å². The van der Waals surface area contributed by atoms with Gasteiger partial charge < -0.3 is 11.1 Å². The van der Waals surface area contributed by atoms with Gasteiger partial charge in [0.25, 0.3) is 5.91 Å². The molecule has 88 valence electrons. The van der Waals surface area contributed by atoms with Crippen LogP contribution < -0.4 is 11.1 Å². The highest BCUT2D eigenvalue weighted by Crippen LogP contribution is 2.25. The lowest BCUT2D eigenvalue weighted by Crippen LogP contribution is -2.16. The first-order chi connectivity index (χ1) is 7.65. The highest BCUT2D eigenvalue weighted by molar-refractivity contribution is 5.99. The Morgan fingerprint density at radius 1 is 1.25 bits per heavy atom. The molecule has 0 aromatic heterocycles. The molecule has 3 heteroatoms. The highest BCUT2D eigenvalue weighted by atomic mass is 16.1. The molecule has 0 aliphatic rings. The van der Waals surface area contributed by atoms with Crippen LogP contribution in [-0.4, -0.2) is 12.5 Å². The molecule has 0 atom stereocenters. The Balaban J connectivity index is 3.37. The molecular formula is C13H20N2O. The molecule has 0 saturated heterocycles. The van der Waals surface area contributed by atoms with Gasteiger partial charge in [-0.2, -0.15) is 0 Å². The second kappa shape index (κ2) is 5.54. The van der Waals surface area contributed by atoms with Crippen molar-refractivity contribution in [2.45, 2.75) is 33.6 Å². The molecule has 0 saturated carbocycles. The first kappa shape index (κ1) is 12.6. The number of carbonyl (C=O) groups is 1. The molecule has 3 N–H and O–H groups in total. The molecule has 0 unspecified atom stereocenters.